The number of hydrogen-bond acceptors (Lipinski definition) is 0. The molecule has 0 nitrogen and oxygen atoms in total. The molecule has 0 heteroatoms. The highest BCUT2D eigenvalue weighted by Gasteiger charge is 2.03. The third kappa shape index (κ3) is 2.84. The standard InChI is InChI=1S/C12H22/c1-6-10(5)12(9-4)11(7-2)8-3/h5-9H2,1-4H3. The summed E-state index contributed by atoms with van der Waals surface area (Å²) in [7, 11) is 0. The molecule has 0 atom stereocenters. The first-order valence-electron chi connectivity index (χ1n) is 5.10. The van der Waals surface area contributed by atoms with E-state index in [1.165, 1.54) is 24.0 Å². The summed E-state index contributed by atoms with van der Waals surface area (Å²) < 4.78 is 0. The van der Waals surface area contributed by atoms with Crippen molar-refractivity contribution in [2.45, 2.75) is 53.4 Å². The van der Waals surface area contributed by atoms with Gasteiger partial charge < -0.3 is 0 Å². The van der Waals surface area contributed by atoms with Crippen molar-refractivity contribution in [3.8, 4) is 0 Å². The second-order valence-corrected chi connectivity index (χ2v) is 3.10. The van der Waals surface area contributed by atoms with Gasteiger partial charge in [0.1, 0.15) is 0 Å². The van der Waals surface area contributed by atoms with E-state index < -0.39 is 0 Å². The molecule has 12 heavy (non-hydrogen) atoms. The molecule has 0 unspecified atom stereocenters. The van der Waals surface area contributed by atoms with Crippen LogP contribution in [0.3, 0.4) is 0 Å². The van der Waals surface area contributed by atoms with Crippen LogP contribution in [0.2, 0.25) is 0 Å². The maximum atomic E-state index is 4.10. The average Bonchev–Trinajstić information content (AvgIpc) is 2.12. The molecule has 0 aromatic heterocycles. The van der Waals surface area contributed by atoms with E-state index in [1.807, 2.05) is 0 Å². The fraction of sp³-hybridized carbons (Fsp3) is 0.667. The molecular formula is C12H22. The first kappa shape index (κ1) is 11.5. The highest BCUT2D eigenvalue weighted by atomic mass is 14.1. The molecule has 0 aromatic rings. The quantitative estimate of drug-likeness (QED) is 0.528. The highest BCUT2D eigenvalue weighted by molar-refractivity contribution is 5.32. The number of hydrogen-bond donors (Lipinski definition) is 0. The minimum atomic E-state index is 1.09. The molecule has 70 valence electrons. The van der Waals surface area contributed by atoms with Crippen LogP contribution in [0.25, 0.3) is 0 Å². The zero-order chi connectivity index (χ0) is 9.56. The van der Waals surface area contributed by atoms with Gasteiger partial charge in [-0.3, -0.25) is 0 Å². The fourth-order valence-electron chi connectivity index (χ4n) is 1.64. The Morgan fingerprint density at radius 3 is 1.58 bits per heavy atom. The van der Waals surface area contributed by atoms with Crippen molar-refractivity contribution in [3.63, 3.8) is 0 Å². The van der Waals surface area contributed by atoms with Crippen LogP contribution in [0.1, 0.15) is 53.4 Å². The molecule has 0 saturated carbocycles. The molecule has 0 saturated heterocycles. The zero-order valence-electron chi connectivity index (χ0n) is 9.04. The summed E-state index contributed by atoms with van der Waals surface area (Å²) in [5.74, 6) is 0. The summed E-state index contributed by atoms with van der Waals surface area (Å²) in [5.41, 5.74) is 4.43. The number of allylic oxidation sites excluding steroid dienone is 3. The minimum absolute atomic E-state index is 1.09. The topological polar surface area (TPSA) is 0 Å². The monoisotopic (exact) mass is 166 g/mol. The Labute approximate surface area is 77.4 Å². The Morgan fingerprint density at radius 1 is 0.833 bits per heavy atom. The van der Waals surface area contributed by atoms with Gasteiger partial charge in [-0.05, 0) is 31.3 Å². The Hall–Kier alpha value is -0.520. The summed E-state index contributed by atoms with van der Waals surface area (Å²) in [5, 5.41) is 0. The molecular weight excluding hydrogens is 144 g/mol. The van der Waals surface area contributed by atoms with Crippen molar-refractivity contribution in [2.24, 2.45) is 0 Å². The Kier molecular flexibility index (Phi) is 5.79. The maximum absolute atomic E-state index is 4.10. The van der Waals surface area contributed by atoms with Crippen LogP contribution in [0.4, 0.5) is 0 Å². The minimum Gasteiger partial charge on any atom is -0.0956 e. The van der Waals surface area contributed by atoms with E-state index in [2.05, 4.69) is 34.3 Å². The molecule has 0 heterocycles. The Balaban J connectivity index is 4.68. The molecule has 0 rings (SSSR count). The van der Waals surface area contributed by atoms with E-state index in [9.17, 15) is 0 Å². The van der Waals surface area contributed by atoms with Crippen molar-refractivity contribution < 1.29 is 0 Å². The van der Waals surface area contributed by atoms with Gasteiger partial charge in [-0.15, -0.1) is 0 Å². The molecule has 0 amide bonds. The van der Waals surface area contributed by atoms with Crippen LogP contribution in [0.15, 0.2) is 23.3 Å². The van der Waals surface area contributed by atoms with Crippen LogP contribution in [0, 0.1) is 0 Å². The van der Waals surface area contributed by atoms with Gasteiger partial charge in [0.05, 0.1) is 0 Å². The van der Waals surface area contributed by atoms with Gasteiger partial charge in [0.25, 0.3) is 0 Å². The van der Waals surface area contributed by atoms with Gasteiger partial charge in [-0.2, -0.15) is 0 Å². The van der Waals surface area contributed by atoms with E-state index in [0.717, 1.165) is 12.8 Å². The van der Waals surface area contributed by atoms with Gasteiger partial charge in [-0.25, -0.2) is 0 Å². The van der Waals surface area contributed by atoms with Crippen LogP contribution in [-0.4, -0.2) is 0 Å². The first-order chi connectivity index (χ1) is 5.71. The largest absolute Gasteiger partial charge is 0.0956 e. The molecule has 0 aliphatic heterocycles. The summed E-state index contributed by atoms with van der Waals surface area (Å²) in [4.78, 5) is 0. The van der Waals surface area contributed by atoms with Crippen molar-refractivity contribution >= 4 is 0 Å². The van der Waals surface area contributed by atoms with E-state index >= 15 is 0 Å². The number of rotatable bonds is 5. The second-order valence-electron chi connectivity index (χ2n) is 3.10. The van der Waals surface area contributed by atoms with Gasteiger partial charge in [0.15, 0.2) is 0 Å². The molecule has 0 N–H and O–H groups in total. The third-order valence-corrected chi connectivity index (χ3v) is 2.49. The van der Waals surface area contributed by atoms with Crippen molar-refractivity contribution in [3.05, 3.63) is 23.3 Å². The molecule has 0 aliphatic rings. The Bertz CT molecular complexity index is 166. The van der Waals surface area contributed by atoms with Gasteiger partial charge in [-0.1, -0.05) is 45.4 Å². The van der Waals surface area contributed by atoms with Gasteiger partial charge >= 0.3 is 0 Å². The van der Waals surface area contributed by atoms with Crippen LogP contribution in [0.5, 0.6) is 0 Å². The van der Waals surface area contributed by atoms with Crippen LogP contribution >= 0.6 is 0 Å². The van der Waals surface area contributed by atoms with Gasteiger partial charge in [0.2, 0.25) is 0 Å². The predicted octanol–water partition coefficient (Wildman–Crippen LogP) is 4.48. The lowest BCUT2D eigenvalue weighted by atomic mass is 9.94. The molecule has 0 radical (unpaired) electrons. The average molecular weight is 166 g/mol. The fourth-order valence-corrected chi connectivity index (χ4v) is 1.64. The van der Waals surface area contributed by atoms with Crippen LogP contribution < -0.4 is 0 Å². The van der Waals surface area contributed by atoms with E-state index in [1.54, 1.807) is 5.57 Å². The molecule has 0 aromatic carbocycles. The van der Waals surface area contributed by atoms with E-state index in [0.29, 0.717) is 0 Å². The summed E-state index contributed by atoms with van der Waals surface area (Å²) >= 11 is 0. The van der Waals surface area contributed by atoms with Crippen LogP contribution in [-0.2, 0) is 0 Å². The summed E-state index contributed by atoms with van der Waals surface area (Å²) in [6.45, 7) is 13.0. The summed E-state index contributed by atoms with van der Waals surface area (Å²) in [6, 6.07) is 0. The Morgan fingerprint density at radius 2 is 1.33 bits per heavy atom. The van der Waals surface area contributed by atoms with Crippen molar-refractivity contribution in [1.82, 2.24) is 0 Å². The zero-order valence-corrected chi connectivity index (χ0v) is 9.04. The van der Waals surface area contributed by atoms with Crippen molar-refractivity contribution in [1.29, 1.82) is 0 Å². The highest BCUT2D eigenvalue weighted by Crippen LogP contribution is 2.23. The molecule has 0 fully saturated rings. The van der Waals surface area contributed by atoms with E-state index in [-0.39, 0.29) is 0 Å². The lowest BCUT2D eigenvalue weighted by molar-refractivity contribution is 0.901. The second kappa shape index (κ2) is 6.05. The predicted molar refractivity (Wildman–Crippen MR) is 57.3 cm³/mol. The molecule has 0 bridgehead atoms. The van der Waals surface area contributed by atoms with Crippen molar-refractivity contribution in [2.75, 3.05) is 0 Å². The van der Waals surface area contributed by atoms with E-state index in [4.69, 9.17) is 0 Å². The third-order valence-electron chi connectivity index (χ3n) is 2.49. The first-order valence-corrected chi connectivity index (χ1v) is 5.10. The smallest absolute Gasteiger partial charge is 0.0305 e. The lowest BCUT2D eigenvalue weighted by Gasteiger charge is -2.12. The van der Waals surface area contributed by atoms with Gasteiger partial charge in [0, 0.05) is 0 Å². The maximum Gasteiger partial charge on any atom is -0.0305 e. The summed E-state index contributed by atoms with van der Waals surface area (Å²) in [6.07, 6.45) is 4.59. The molecule has 0 spiro atoms. The lowest BCUT2D eigenvalue weighted by Crippen LogP contribution is -1.92. The normalized spacial score (nSPS) is 9.67. The molecule has 0 aliphatic carbocycles. The SMILES string of the molecule is C=C(CC)C(CC)=C(CC)CC.